The van der Waals surface area contributed by atoms with E-state index in [4.69, 9.17) is 0 Å². The summed E-state index contributed by atoms with van der Waals surface area (Å²) in [5.41, 5.74) is 0.264. The number of thioether (sulfide) groups is 1. The van der Waals surface area contributed by atoms with Crippen molar-refractivity contribution in [3.63, 3.8) is 0 Å². The van der Waals surface area contributed by atoms with Crippen LogP contribution < -0.4 is 5.32 Å². The minimum atomic E-state index is -0.455. The minimum absolute atomic E-state index is 0.0288. The van der Waals surface area contributed by atoms with Gasteiger partial charge in [0, 0.05) is 24.6 Å². The van der Waals surface area contributed by atoms with Crippen LogP contribution >= 0.6 is 11.8 Å². The van der Waals surface area contributed by atoms with E-state index >= 15 is 0 Å². The van der Waals surface area contributed by atoms with Gasteiger partial charge in [0.15, 0.2) is 0 Å². The predicted octanol–water partition coefficient (Wildman–Crippen LogP) is 2.39. The molecular weight excluding hydrogens is 319 g/mol. The van der Waals surface area contributed by atoms with Gasteiger partial charge in [-0.15, -0.1) is 0 Å². The standard InChI is InChI=1S/C16H15FN2O3S/c17-12-4-2-1-3-11(12)9-13-15(21)19(16(22)23-13)8-7-18-14(20)10-5-6-10/h1-4,9-10H,5-8H2,(H,18,20)/b13-9-. The maximum Gasteiger partial charge on any atom is 0.293 e. The number of hydrogen-bond acceptors (Lipinski definition) is 4. The fourth-order valence-corrected chi connectivity index (χ4v) is 3.06. The number of nitrogens with one attached hydrogen (secondary N) is 1. The second kappa shape index (κ2) is 6.54. The molecule has 7 heteroatoms. The highest BCUT2D eigenvalue weighted by molar-refractivity contribution is 8.18. The van der Waals surface area contributed by atoms with Crippen molar-refractivity contribution >= 4 is 34.9 Å². The Bertz CT molecular complexity index is 700. The molecule has 3 amide bonds. The molecular formula is C16H15FN2O3S. The highest BCUT2D eigenvalue weighted by Crippen LogP contribution is 2.32. The van der Waals surface area contributed by atoms with Gasteiger partial charge in [-0.3, -0.25) is 19.3 Å². The molecule has 5 nitrogen and oxygen atoms in total. The first kappa shape index (κ1) is 15.7. The first-order valence-corrected chi connectivity index (χ1v) is 8.15. The summed E-state index contributed by atoms with van der Waals surface area (Å²) in [5.74, 6) is -0.843. The molecule has 1 aliphatic carbocycles. The van der Waals surface area contributed by atoms with Gasteiger partial charge in [0.1, 0.15) is 5.82 Å². The van der Waals surface area contributed by atoms with E-state index in [2.05, 4.69) is 5.32 Å². The van der Waals surface area contributed by atoms with Crippen LogP contribution in [0.4, 0.5) is 9.18 Å². The number of nitrogens with zero attached hydrogens (tertiary/aromatic N) is 1. The lowest BCUT2D eigenvalue weighted by Crippen LogP contribution is -2.37. The van der Waals surface area contributed by atoms with E-state index in [-0.39, 0.29) is 35.4 Å². The number of rotatable bonds is 5. The third-order valence-electron chi connectivity index (χ3n) is 3.65. The minimum Gasteiger partial charge on any atom is -0.354 e. The number of imide groups is 1. The molecule has 0 atom stereocenters. The molecule has 1 saturated heterocycles. The molecule has 120 valence electrons. The fraction of sp³-hybridized carbons (Fsp3) is 0.312. The number of hydrogen-bond donors (Lipinski definition) is 1. The summed E-state index contributed by atoms with van der Waals surface area (Å²) in [6.07, 6.45) is 3.18. The average Bonchev–Trinajstić information content (AvgIpc) is 3.33. The van der Waals surface area contributed by atoms with Crippen LogP contribution in [0.2, 0.25) is 0 Å². The third-order valence-corrected chi connectivity index (χ3v) is 4.56. The van der Waals surface area contributed by atoms with E-state index in [0.29, 0.717) is 0 Å². The number of amides is 3. The molecule has 0 unspecified atom stereocenters. The summed E-state index contributed by atoms with van der Waals surface area (Å²) in [6, 6.07) is 6.05. The van der Waals surface area contributed by atoms with E-state index < -0.39 is 17.0 Å². The summed E-state index contributed by atoms with van der Waals surface area (Å²) >= 11 is 0.782. The maximum absolute atomic E-state index is 13.6. The number of carbonyl (C=O) groups is 3. The Morgan fingerprint density at radius 2 is 2.09 bits per heavy atom. The zero-order valence-electron chi connectivity index (χ0n) is 12.3. The van der Waals surface area contributed by atoms with Crippen molar-refractivity contribution in [2.75, 3.05) is 13.1 Å². The van der Waals surface area contributed by atoms with E-state index in [0.717, 1.165) is 29.5 Å². The molecule has 2 fully saturated rings. The van der Waals surface area contributed by atoms with Crippen molar-refractivity contribution in [2.45, 2.75) is 12.8 Å². The average molecular weight is 334 g/mol. The number of carbonyl (C=O) groups excluding carboxylic acids is 3. The van der Waals surface area contributed by atoms with E-state index in [1.165, 1.54) is 12.1 Å². The highest BCUT2D eigenvalue weighted by atomic mass is 32.2. The second-order valence-corrected chi connectivity index (χ2v) is 6.41. The quantitative estimate of drug-likeness (QED) is 0.840. The lowest BCUT2D eigenvalue weighted by atomic mass is 10.2. The third kappa shape index (κ3) is 3.61. The molecule has 1 N–H and O–H groups in total. The lowest BCUT2D eigenvalue weighted by Gasteiger charge is -2.12. The van der Waals surface area contributed by atoms with Gasteiger partial charge in [-0.25, -0.2) is 4.39 Å². The molecule has 0 radical (unpaired) electrons. The Kier molecular flexibility index (Phi) is 4.47. The first-order chi connectivity index (χ1) is 11.1. The zero-order valence-corrected chi connectivity index (χ0v) is 13.1. The number of halogens is 1. The van der Waals surface area contributed by atoms with Crippen molar-refractivity contribution in [1.82, 2.24) is 10.2 Å². The van der Waals surface area contributed by atoms with Crippen LogP contribution in [0.25, 0.3) is 6.08 Å². The van der Waals surface area contributed by atoms with Crippen molar-refractivity contribution < 1.29 is 18.8 Å². The first-order valence-electron chi connectivity index (χ1n) is 7.34. The van der Waals surface area contributed by atoms with Gasteiger partial charge >= 0.3 is 0 Å². The van der Waals surface area contributed by atoms with Crippen molar-refractivity contribution in [3.8, 4) is 0 Å². The SMILES string of the molecule is O=C(NCCN1C(=O)S/C(=C\c2ccccc2F)C1=O)C1CC1. The zero-order chi connectivity index (χ0) is 16.4. The Morgan fingerprint density at radius 3 is 2.78 bits per heavy atom. The molecule has 3 rings (SSSR count). The smallest absolute Gasteiger partial charge is 0.293 e. The van der Waals surface area contributed by atoms with Gasteiger partial charge in [0.05, 0.1) is 4.91 Å². The van der Waals surface area contributed by atoms with Gasteiger partial charge in [0.2, 0.25) is 5.91 Å². The summed E-state index contributed by atoms with van der Waals surface area (Å²) in [5, 5.41) is 2.31. The van der Waals surface area contributed by atoms with Crippen LogP contribution in [0.1, 0.15) is 18.4 Å². The molecule has 1 heterocycles. The second-order valence-electron chi connectivity index (χ2n) is 5.42. The fourth-order valence-electron chi connectivity index (χ4n) is 2.21. The Labute approximate surface area is 136 Å². The molecule has 1 aromatic carbocycles. The van der Waals surface area contributed by atoms with E-state index in [9.17, 15) is 18.8 Å². The Balaban J connectivity index is 1.62. The van der Waals surface area contributed by atoms with Gasteiger partial charge in [-0.1, -0.05) is 18.2 Å². The van der Waals surface area contributed by atoms with Crippen LogP contribution in [0.5, 0.6) is 0 Å². The van der Waals surface area contributed by atoms with Gasteiger partial charge < -0.3 is 5.32 Å². The van der Waals surface area contributed by atoms with Crippen LogP contribution in [-0.4, -0.2) is 35.0 Å². The summed E-state index contributed by atoms with van der Waals surface area (Å²) in [6.45, 7) is 0.359. The van der Waals surface area contributed by atoms with E-state index in [1.54, 1.807) is 18.2 Å². The molecule has 0 bridgehead atoms. The van der Waals surface area contributed by atoms with Gasteiger partial charge in [-0.05, 0) is 36.7 Å². The molecule has 1 saturated carbocycles. The molecule has 1 aromatic rings. The van der Waals surface area contributed by atoms with Crippen LogP contribution in [0.3, 0.4) is 0 Å². The maximum atomic E-state index is 13.6. The van der Waals surface area contributed by atoms with Crippen molar-refractivity contribution in [3.05, 3.63) is 40.6 Å². The topological polar surface area (TPSA) is 66.5 Å². The largest absolute Gasteiger partial charge is 0.354 e. The Hall–Kier alpha value is -2.15. The lowest BCUT2D eigenvalue weighted by molar-refractivity contribution is -0.124. The van der Waals surface area contributed by atoms with Crippen molar-refractivity contribution in [1.29, 1.82) is 0 Å². The van der Waals surface area contributed by atoms with Crippen LogP contribution in [-0.2, 0) is 9.59 Å². The molecule has 23 heavy (non-hydrogen) atoms. The molecule has 0 aromatic heterocycles. The summed E-state index contributed by atoms with van der Waals surface area (Å²) < 4.78 is 13.6. The normalized spacial score (nSPS) is 19.5. The molecule has 1 aliphatic heterocycles. The van der Waals surface area contributed by atoms with Gasteiger partial charge in [0.25, 0.3) is 11.1 Å². The predicted molar refractivity (Wildman–Crippen MR) is 84.8 cm³/mol. The molecule has 2 aliphatic rings. The highest BCUT2D eigenvalue weighted by Gasteiger charge is 2.35. The number of benzene rings is 1. The summed E-state index contributed by atoms with van der Waals surface area (Å²) in [4.78, 5) is 36.9. The van der Waals surface area contributed by atoms with Crippen LogP contribution in [0, 0.1) is 11.7 Å². The summed E-state index contributed by atoms with van der Waals surface area (Å²) in [7, 11) is 0. The monoisotopic (exact) mass is 334 g/mol. The Morgan fingerprint density at radius 1 is 1.35 bits per heavy atom. The van der Waals surface area contributed by atoms with E-state index in [1.807, 2.05) is 0 Å². The van der Waals surface area contributed by atoms with Crippen LogP contribution in [0.15, 0.2) is 29.2 Å². The molecule has 0 spiro atoms. The van der Waals surface area contributed by atoms with Gasteiger partial charge in [-0.2, -0.15) is 0 Å². The van der Waals surface area contributed by atoms with Crippen molar-refractivity contribution in [2.24, 2.45) is 5.92 Å².